The Labute approximate surface area is 195 Å². The van der Waals surface area contributed by atoms with Crippen LogP contribution in [-0.4, -0.2) is 58.8 Å². The van der Waals surface area contributed by atoms with Gasteiger partial charge in [0.2, 0.25) is 5.78 Å². The van der Waals surface area contributed by atoms with Crippen LogP contribution in [0.15, 0.2) is 53.5 Å². The van der Waals surface area contributed by atoms with Gasteiger partial charge in [0.15, 0.2) is 11.5 Å². The summed E-state index contributed by atoms with van der Waals surface area (Å²) in [5, 5.41) is 0. The monoisotopic (exact) mass is 468 g/mol. The minimum atomic E-state index is -4.50. The predicted octanol–water partition coefficient (Wildman–Crippen LogP) is 3.66. The second kappa shape index (κ2) is 10.2. The van der Waals surface area contributed by atoms with Crippen molar-refractivity contribution in [3.05, 3.63) is 82.8 Å². The number of alkyl halides is 3. The molecule has 1 fully saturated rings. The number of carbonyl (C=O) groups is 1. The molecule has 1 aliphatic heterocycles. The molecule has 0 amide bonds. The second-order valence-corrected chi connectivity index (χ2v) is 8.21. The fraction of sp³-hybridized carbons (Fsp3) is 0.320. The van der Waals surface area contributed by atoms with Crippen molar-refractivity contribution >= 4 is 5.78 Å². The van der Waals surface area contributed by atoms with Crippen molar-refractivity contribution in [1.82, 2.24) is 19.8 Å². The first-order valence-electron chi connectivity index (χ1n) is 10.8. The number of ketones is 1. The molecule has 6 nitrogen and oxygen atoms in total. The summed E-state index contributed by atoms with van der Waals surface area (Å²) in [5.74, 6) is 5.48. The average molecular weight is 468 g/mol. The van der Waals surface area contributed by atoms with Gasteiger partial charge in [0.05, 0.1) is 11.1 Å². The molecule has 4 rings (SSSR count). The number of nitrogens with zero attached hydrogens (tertiary/aromatic N) is 4. The number of benzene rings is 1. The van der Waals surface area contributed by atoms with Crippen LogP contribution in [0.25, 0.3) is 0 Å². The standard InChI is InChI=1S/C25H23F3N4O2/c1-31-8-10-32(11-9-31)16-20-4-2-18(12-22(20)25(26,27)28)13-23(33)24-7-6-21(34-24)5-3-19-14-29-17-30-15-19/h2,4,6-7,12,14-15,17H,8-11,13,16H2,1H3. The third-order valence-corrected chi connectivity index (χ3v) is 5.61. The first kappa shape index (κ1) is 23.7. The highest BCUT2D eigenvalue weighted by Gasteiger charge is 2.34. The highest BCUT2D eigenvalue weighted by Crippen LogP contribution is 2.34. The summed E-state index contributed by atoms with van der Waals surface area (Å²) < 4.78 is 46.8. The van der Waals surface area contributed by atoms with Gasteiger partial charge in [-0.1, -0.05) is 18.1 Å². The van der Waals surface area contributed by atoms with Crippen molar-refractivity contribution in [1.29, 1.82) is 0 Å². The Bertz CT molecular complexity index is 1200. The first-order chi connectivity index (χ1) is 16.3. The maximum atomic E-state index is 13.8. The summed E-state index contributed by atoms with van der Waals surface area (Å²) in [6.07, 6.45) is -0.237. The molecule has 9 heteroatoms. The van der Waals surface area contributed by atoms with Gasteiger partial charge < -0.3 is 9.32 Å². The Kier molecular flexibility index (Phi) is 7.10. The zero-order valence-corrected chi connectivity index (χ0v) is 18.6. The van der Waals surface area contributed by atoms with E-state index in [0.29, 0.717) is 5.56 Å². The van der Waals surface area contributed by atoms with Crippen molar-refractivity contribution in [3.8, 4) is 11.8 Å². The Hall–Kier alpha value is -3.48. The van der Waals surface area contributed by atoms with Gasteiger partial charge in [-0.05, 0) is 42.3 Å². The van der Waals surface area contributed by atoms with Crippen molar-refractivity contribution in [2.45, 2.75) is 19.1 Å². The lowest BCUT2D eigenvalue weighted by Crippen LogP contribution is -2.44. The van der Waals surface area contributed by atoms with Crippen LogP contribution in [0, 0.1) is 11.8 Å². The molecule has 1 aliphatic rings. The summed E-state index contributed by atoms with van der Waals surface area (Å²) in [5.41, 5.74) is 0.384. The van der Waals surface area contributed by atoms with Crippen LogP contribution in [0.3, 0.4) is 0 Å². The van der Waals surface area contributed by atoms with Gasteiger partial charge in [-0.15, -0.1) is 0 Å². The second-order valence-electron chi connectivity index (χ2n) is 8.21. The SMILES string of the molecule is CN1CCN(Cc2ccc(CC(=O)c3ccc(C#Cc4cncnc4)o3)cc2C(F)(F)F)CC1. The smallest absolute Gasteiger partial charge is 0.416 e. The fourth-order valence-electron chi connectivity index (χ4n) is 3.71. The van der Waals surface area contributed by atoms with E-state index in [-0.39, 0.29) is 35.6 Å². The van der Waals surface area contributed by atoms with Gasteiger partial charge in [-0.25, -0.2) is 9.97 Å². The van der Waals surface area contributed by atoms with Gasteiger partial charge >= 0.3 is 6.18 Å². The molecule has 1 aromatic carbocycles. The molecule has 0 N–H and O–H groups in total. The lowest BCUT2D eigenvalue weighted by Gasteiger charge is -2.33. The van der Waals surface area contributed by atoms with Crippen LogP contribution in [0.2, 0.25) is 0 Å². The van der Waals surface area contributed by atoms with Crippen LogP contribution in [0.1, 0.15) is 38.6 Å². The minimum Gasteiger partial charge on any atom is -0.445 e. The third kappa shape index (κ3) is 6.10. The third-order valence-electron chi connectivity index (χ3n) is 5.61. The molecule has 0 spiro atoms. The van der Waals surface area contributed by atoms with Crippen molar-refractivity contribution in [2.24, 2.45) is 0 Å². The molecule has 0 radical (unpaired) electrons. The number of piperazine rings is 1. The predicted molar refractivity (Wildman–Crippen MR) is 119 cm³/mol. The van der Waals surface area contributed by atoms with Crippen LogP contribution in [-0.2, 0) is 19.1 Å². The largest absolute Gasteiger partial charge is 0.445 e. The Morgan fingerprint density at radius 1 is 1.06 bits per heavy atom. The molecule has 1 saturated heterocycles. The zero-order chi connectivity index (χ0) is 24.1. The van der Waals surface area contributed by atoms with Crippen LogP contribution >= 0.6 is 0 Å². The van der Waals surface area contributed by atoms with Gasteiger partial charge in [-0.2, -0.15) is 13.2 Å². The van der Waals surface area contributed by atoms with E-state index in [2.05, 4.69) is 26.7 Å². The Morgan fingerprint density at radius 2 is 1.79 bits per heavy atom. The number of likely N-dealkylation sites (N-methyl/N-ethyl adjacent to an activating group) is 1. The quantitative estimate of drug-likeness (QED) is 0.421. The van der Waals surface area contributed by atoms with E-state index in [9.17, 15) is 18.0 Å². The van der Waals surface area contributed by atoms with E-state index in [1.165, 1.54) is 18.5 Å². The number of halogens is 3. The van der Waals surface area contributed by atoms with Crippen LogP contribution in [0.4, 0.5) is 13.2 Å². The summed E-state index contributed by atoms with van der Waals surface area (Å²) in [6.45, 7) is 3.30. The molecule has 3 aromatic rings. The summed E-state index contributed by atoms with van der Waals surface area (Å²) in [7, 11) is 2.00. The summed E-state index contributed by atoms with van der Waals surface area (Å²) in [6, 6.07) is 7.15. The van der Waals surface area contributed by atoms with E-state index < -0.39 is 17.5 Å². The topological polar surface area (TPSA) is 62.5 Å². The number of furan rings is 1. The maximum absolute atomic E-state index is 13.8. The zero-order valence-electron chi connectivity index (χ0n) is 18.6. The molecule has 2 aromatic heterocycles. The Balaban J connectivity index is 1.46. The molecule has 0 saturated carbocycles. The highest BCUT2D eigenvalue weighted by atomic mass is 19.4. The summed E-state index contributed by atoms with van der Waals surface area (Å²) in [4.78, 5) is 24.5. The molecule has 0 atom stereocenters. The van der Waals surface area contributed by atoms with Gasteiger partial charge in [0.25, 0.3) is 0 Å². The number of rotatable bonds is 5. The van der Waals surface area contributed by atoms with Crippen molar-refractivity contribution in [3.63, 3.8) is 0 Å². The minimum absolute atomic E-state index is 0.0451. The van der Waals surface area contributed by atoms with Gasteiger partial charge in [0.1, 0.15) is 6.33 Å². The number of Topliss-reactive ketones (excluding diaryl/α,β-unsaturated/α-hetero) is 1. The van der Waals surface area contributed by atoms with Crippen LogP contribution in [0.5, 0.6) is 0 Å². The molecule has 0 bridgehead atoms. The molecule has 3 heterocycles. The number of carbonyl (C=O) groups excluding carboxylic acids is 1. The average Bonchev–Trinajstić information content (AvgIpc) is 3.29. The lowest BCUT2D eigenvalue weighted by atomic mass is 9.99. The van der Waals surface area contributed by atoms with Gasteiger partial charge in [0, 0.05) is 51.5 Å². The van der Waals surface area contributed by atoms with E-state index in [4.69, 9.17) is 4.42 Å². The maximum Gasteiger partial charge on any atom is 0.416 e. The van der Waals surface area contributed by atoms with E-state index >= 15 is 0 Å². The molecular weight excluding hydrogens is 445 g/mol. The van der Waals surface area contributed by atoms with E-state index in [0.717, 1.165) is 32.2 Å². The Morgan fingerprint density at radius 3 is 2.50 bits per heavy atom. The number of hydrogen-bond donors (Lipinski definition) is 0. The van der Waals surface area contributed by atoms with E-state index in [1.807, 2.05) is 11.9 Å². The molecular formula is C25H23F3N4O2. The van der Waals surface area contributed by atoms with Crippen LogP contribution < -0.4 is 0 Å². The summed E-state index contributed by atoms with van der Waals surface area (Å²) >= 11 is 0. The van der Waals surface area contributed by atoms with Crippen molar-refractivity contribution < 1.29 is 22.4 Å². The number of aromatic nitrogens is 2. The first-order valence-corrected chi connectivity index (χ1v) is 10.8. The fourth-order valence-corrected chi connectivity index (χ4v) is 3.71. The molecule has 176 valence electrons. The number of hydrogen-bond acceptors (Lipinski definition) is 6. The lowest BCUT2D eigenvalue weighted by molar-refractivity contribution is -0.138. The van der Waals surface area contributed by atoms with Gasteiger partial charge in [-0.3, -0.25) is 9.69 Å². The highest BCUT2D eigenvalue weighted by molar-refractivity contribution is 5.95. The molecule has 0 unspecified atom stereocenters. The normalized spacial score (nSPS) is 15.1. The molecule has 34 heavy (non-hydrogen) atoms. The van der Waals surface area contributed by atoms with E-state index in [1.54, 1.807) is 24.5 Å². The van der Waals surface area contributed by atoms with Crippen molar-refractivity contribution in [2.75, 3.05) is 33.2 Å². The molecule has 0 aliphatic carbocycles.